The SMILES string of the molecule is Sc1ccc2c(c1)CCC=N2. The number of hydrogen-bond acceptors (Lipinski definition) is 2. The van der Waals surface area contributed by atoms with Crippen molar-refractivity contribution in [2.24, 2.45) is 4.99 Å². The topological polar surface area (TPSA) is 12.4 Å². The molecule has 11 heavy (non-hydrogen) atoms. The Kier molecular flexibility index (Phi) is 1.70. The van der Waals surface area contributed by atoms with Crippen molar-refractivity contribution >= 4 is 24.5 Å². The first-order chi connectivity index (χ1) is 5.36. The molecule has 0 fully saturated rings. The molecule has 56 valence electrons. The zero-order valence-corrected chi connectivity index (χ0v) is 7.01. The lowest BCUT2D eigenvalue weighted by molar-refractivity contribution is 1.02. The number of hydrogen-bond donors (Lipinski definition) is 1. The molecular formula is C9H9NS. The molecule has 0 atom stereocenters. The molecule has 0 N–H and O–H groups in total. The molecule has 0 amide bonds. The van der Waals surface area contributed by atoms with Gasteiger partial charge in [-0.2, -0.15) is 0 Å². The Hall–Kier alpha value is -0.760. The van der Waals surface area contributed by atoms with E-state index >= 15 is 0 Å². The van der Waals surface area contributed by atoms with Gasteiger partial charge < -0.3 is 0 Å². The second kappa shape index (κ2) is 2.70. The van der Waals surface area contributed by atoms with Crippen molar-refractivity contribution in [3.05, 3.63) is 23.8 Å². The first-order valence-corrected chi connectivity index (χ1v) is 4.15. The highest BCUT2D eigenvalue weighted by atomic mass is 32.1. The Morgan fingerprint density at radius 2 is 2.27 bits per heavy atom. The van der Waals surface area contributed by atoms with Gasteiger partial charge >= 0.3 is 0 Å². The molecule has 2 rings (SSSR count). The van der Waals surface area contributed by atoms with Gasteiger partial charge in [-0.05, 0) is 36.6 Å². The molecular weight excluding hydrogens is 154 g/mol. The Morgan fingerprint density at radius 1 is 1.36 bits per heavy atom. The van der Waals surface area contributed by atoms with Crippen molar-refractivity contribution in [1.82, 2.24) is 0 Å². The molecule has 0 aliphatic carbocycles. The molecule has 1 aliphatic heterocycles. The van der Waals surface area contributed by atoms with Gasteiger partial charge in [0.2, 0.25) is 0 Å². The molecule has 0 spiro atoms. The predicted molar refractivity (Wildman–Crippen MR) is 50.2 cm³/mol. The summed E-state index contributed by atoms with van der Waals surface area (Å²) < 4.78 is 0. The fourth-order valence-electron chi connectivity index (χ4n) is 1.28. The van der Waals surface area contributed by atoms with Gasteiger partial charge in [0.1, 0.15) is 0 Å². The van der Waals surface area contributed by atoms with E-state index < -0.39 is 0 Å². The highest BCUT2D eigenvalue weighted by Gasteiger charge is 2.04. The minimum Gasteiger partial charge on any atom is -0.261 e. The van der Waals surface area contributed by atoms with E-state index in [1.54, 1.807) is 0 Å². The smallest absolute Gasteiger partial charge is 0.0658 e. The van der Waals surface area contributed by atoms with Gasteiger partial charge in [-0.1, -0.05) is 0 Å². The summed E-state index contributed by atoms with van der Waals surface area (Å²) in [6.45, 7) is 0. The van der Waals surface area contributed by atoms with Crippen molar-refractivity contribution in [3.8, 4) is 0 Å². The van der Waals surface area contributed by atoms with Gasteiger partial charge in [0.05, 0.1) is 5.69 Å². The first-order valence-electron chi connectivity index (χ1n) is 3.71. The van der Waals surface area contributed by atoms with Crippen LogP contribution in [0.25, 0.3) is 0 Å². The highest BCUT2D eigenvalue weighted by Crippen LogP contribution is 2.25. The summed E-state index contributed by atoms with van der Waals surface area (Å²) in [4.78, 5) is 5.30. The summed E-state index contributed by atoms with van der Waals surface area (Å²) in [6.07, 6.45) is 4.14. The van der Waals surface area contributed by atoms with Crippen molar-refractivity contribution in [3.63, 3.8) is 0 Å². The fraction of sp³-hybridized carbons (Fsp3) is 0.222. The largest absolute Gasteiger partial charge is 0.261 e. The summed E-state index contributed by atoms with van der Waals surface area (Å²) in [7, 11) is 0. The molecule has 1 nitrogen and oxygen atoms in total. The summed E-state index contributed by atoms with van der Waals surface area (Å²) in [5.41, 5.74) is 2.43. The number of rotatable bonds is 0. The fourth-order valence-corrected chi connectivity index (χ4v) is 1.51. The molecule has 1 aromatic carbocycles. The second-order valence-corrected chi connectivity index (χ2v) is 3.18. The van der Waals surface area contributed by atoms with Crippen LogP contribution in [0.5, 0.6) is 0 Å². The van der Waals surface area contributed by atoms with Crippen LogP contribution < -0.4 is 0 Å². The zero-order valence-electron chi connectivity index (χ0n) is 6.12. The Morgan fingerprint density at radius 3 is 3.18 bits per heavy atom. The molecule has 0 aromatic heterocycles. The van der Waals surface area contributed by atoms with Gasteiger partial charge in [-0.15, -0.1) is 12.6 Å². The Balaban J connectivity index is 2.53. The average molecular weight is 163 g/mol. The van der Waals surface area contributed by atoms with Gasteiger partial charge in [0, 0.05) is 11.1 Å². The minimum atomic E-state index is 1.03. The molecule has 1 aromatic rings. The van der Waals surface area contributed by atoms with Crippen molar-refractivity contribution in [2.45, 2.75) is 17.7 Å². The van der Waals surface area contributed by atoms with Crippen LogP contribution in [-0.2, 0) is 6.42 Å². The van der Waals surface area contributed by atoms with Gasteiger partial charge in [-0.25, -0.2) is 0 Å². The molecule has 1 aliphatic rings. The van der Waals surface area contributed by atoms with Crippen LogP contribution in [0.2, 0.25) is 0 Å². The van der Waals surface area contributed by atoms with Crippen LogP contribution in [0.1, 0.15) is 12.0 Å². The lowest BCUT2D eigenvalue weighted by atomic mass is 10.1. The molecule has 0 radical (unpaired) electrons. The lowest BCUT2D eigenvalue weighted by Gasteiger charge is -2.08. The first kappa shape index (κ1) is 6.92. The number of nitrogens with zero attached hydrogens (tertiary/aromatic N) is 1. The Bertz CT molecular complexity index is 304. The number of thiol groups is 1. The van der Waals surface area contributed by atoms with Crippen LogP contribution in [0, 0.1) is 0 Å². The van der Waals surface area contributed by atoms with Crippen LogP contribution in [0.4, 0.5) is 5.69 Å². The van der Waals surface area contributed by atoms with E-state index in [1.165, 1.54) is 5.56 Å². The molecule has 0 saturated heterocycles. The van der Waals surface area contributed by atoms with Crippen LogP contribution in [-0.4, -0.2) is 6.21 Å². The molecule has 2 heteroatoms. The van der Waals surface area contributed by atoms with E-state index in [9.17, 15) is 0 Å². The maximum absolute atomic E-state index is 4.28. The van der Waals surface area contributed by atoms with Gasteiger partial charge in [0.15, 0.2) is 0 Å². The van der Waals surface area contributed by atoms with E-state index in [0.29, 0.717) is 0 Å². The standard InChI is InChI=1S/C9H9NS/c11-8-3-4-9-7(6-8)2-1-5-10-9/h3-6,11H,1-2H2. The summed E-state index contributed by atoms with van der Waals surface area (Å²) in [6, 6.07) is 6.09. The van der Waals surface area contributed by atoms with Gasteiger partial charge in [0.25, 0.3) is 0 Å². The van der Waals surface area contributed by atoms with Crippen molar-refractivity contribution in [2.75, 3.05) is 0 Å². The van der Waals surface area contributed by atoms with E-state index in [2.05, 4.69) is 23.7 Å². The Labute approximate surface area is 71.6 Å². The summed E-state index contributed by atoms with van der Waals surface area (Å²) >= 11 is 4.27. The van der Waals surface area contributed by atoms with E-state index in [-0.39, 0.29) is 0 Å². The number of fused-ring (bicyclic) bond motifs is 1. The van der Waals surface area contributed by atoms with Crippen LogP contribution in [0.3, 0.4) is 0 Å². The van der Waals surface area contributed by atoms with E-state index in [1.807, 2.05) is 18.3 Å². The average Bonchev–Trinajstić information content (AvgIpc) is 2.04. The second-order valence-electron chi connectivity index (χ2n) is 2.66. The van der Waals surface area contributed by atoms with Crippen molar-refractivity contribution in [1.29, 1.82) is 0 Å². The third-order valence-corrected chi connectivity index (χ3v) is 2.11. The third kappa shape index (κ3) is 1.31. The lowest BCUT2D eigenvalue weighted by Crippen LogP contribution is -1.92. The summed E-state index contributed by atoms with van der Waals surface area (Å²) in [5, 5.41) is 0. The minimum absolute atomic E-state index is 1.03. The highest BCUT2D eigenvalue weighted by molar-refractivity contribution is 7.80. The normalized spacial score (nSPS) is 14.6. The number of aliphatic imine (C=N–C) groups is 1. The third-order valence-electron chi connectivity index (χ3n) is 1.84. The van der Waals surface area contributed by atoms with Gasteiger partial charge in [-0.3, -0.25) is 4.99 Å². The van der Waals surface area contributed by atoms with Crippen LogP contribution in [0.15, 0.2) is 28.1 Å². The maximum Gasteiger partial charge on any atom is 0.0658 e. The molecule has 1 heterocycles. The zero-order chi connectivity index (χ0) is 7.68. The molecule has 0 bridgehead atoms. The van der Waals surface area contributed by atoms with Crippen molar-refractivity contribution < 1.29 is 0 Å². The number of aryl methyl sites for hydroxylation is 1. The molecule has 0 saturated carbocycles. The molecule has 0 unspecified atom stereocenters. The predicted octanol–water partition coefficient (Wildman–Crippen LogP) is 2.62. The van der Waals surface area contributed by atoms with E-state index in [4.69, 9.17) is 0 Å². The van der Waals surface area contributed by atoms with Crippen LogP contribution >= 0.6 is 12.6 Å². The van der Waals surface area contributed by atoms with E-state index in [0.717, 1.165) is 23.4 Å². The maximum atomic E-state index is 4.28. The quantitative estimate of drug-likeness (QED) is 0.564. The monoisotopic (exact) mass is 163 g/mol. The summed E-state index contributed by atoms with van der Waals surface area (Å²) in [5.74, 6) is 0. The number of benzene rings is 1.